The Morgan fingerprint density at radius 2 is 1.11 bits per heavy atom. The highest BCUT2D eigenvalue weighted by atomic mass is 127. The van der Waals surface area contributed by atoms with Crippen LogP contribution in [0.1, 0.15) is 102 Å². The van der Waals surface area contributed by atoms with Gasteiger partial charge in [0.1, 0.15) is 0 Å². The molecule has 0 radical (unpaired) electrons. The van der Waals surface area contributed by atoms with E-state index in [4.69, 9.17) is 9.85 Å². The fraction of sp³-hybridized carbons (Fsp3) is 0.636. The van der Waals surface area contributed by atoms with E-state index in [0.717, 1.165) is 63.4 Å². The Bertz CT molecular complexity index is 1050. The predicted molar refractivity (Wildman–Crippen MR) is 171 cm³/mol. The third-order valence-corrected chi connectivity index (χ3v) is 8.57. The van der Waals surface area contributed by atoms with Gasteiger partial charge in [-0.25, -0.2) is 0 Å². The van der Waals surface area contributed by atoms with E-state index in [2.05, 4.69) is 31.2 Å². The molecule has 4 rings (SSSR count). The molecule has 2 atom stereocenters. The lowest BCUT2D eigenvalue weighted by atomic mass is 9.72. The van der Waals surface area contributed by atoms with Gasteiger partial charge in [0, 0.05) is 12.5 Å². The molecule has 0 saturated heterocycles. The number of benzene rings is 2. The van der Waals surface area contributed by atoms with Crippen molar-refractivity contribution in [3.05, 3.63) is 70.8 Å². The molecule has 2 aromatic rings. The predicted octanol–water partition coefficient (Wildman–Crippen LogP) is 6.83. The smallest absolute Gasteiger partial charge is 0.0886 e. The molecule has 0 aromatic heterocycles. The van der Waals surface area contributed by atoms with E-state index >= 15 is 0 Å². The van der Waals surface area contributed by atoms with Crippen LogP contribution in [0.2, 0.25) is 0 Å². The van der Waals surface area contributed by atoms with Crippen molar-refractivity contribution in [3.8, 4) is 0 Å². The Morgan fingerprint density at radius 1 is 0.737 bits per heavy atom. The van der Waals surface area contributed by atoms with Crippen LogP contribution in [-0.2, 0) is 0 Å². The monoisotopic (exact) mass is 640 g/mol. The summed E-state index contributed by atoms with van der Waals surface area (Å²) in [7, 11) is 3.47. The van der Waals surface area contributed by atoms with Crippen LogP contribution in [0.25, 0.3) is 0 Å². The maximum absolute atomic E-state index is 11.3. The first kappa shape index (κ1) is 28.5. The minimum atomic E-state index is -2.09. The second-order valence-electron chi connectivity index (χ2n) is 12.4. The molecule has 0 spiro atoms. The third kappa shape index (κ3) is 9.29. The lowest BCUT2D eigenvalue weighted by Crippen LogP contribution is -2.48. The van der Waals surface area contributed by atoms with Crippen molar-refractivity contribution < 1.29 is 18.8 Å². The Balaban J connectivity index is 0.000000292. The molecule has 2 fully saturated rings. The molecule has 0 aliphatic heterocycles. The molecule has 2 aliphatic carbocycles. The molecule has 214 valence electrons. The summed E-state index contributed by atoms with van der Waals surface area (Å²) >= 11 is 0. The second kappa shape index (κ2) is 14.6. The largest absolute Gasteiger partial charge is 0.389 e. The first-order valence-corrected chi connectivity index (χ1v) is 14.3. The van der Waals surface area contributed by atoms with Gasteiger partial charge in [-0.05, 0) is 50.7 Å². The van der Waals surface area contributed by atoms with Gasteiger partial charge in [0.15, 0.2) is 0 Å². The van der Waals surface area contributed by atoms with Gasteiger partial charge in [0.05, 0.1) is 48.8 Å². The van der Waals surface area contributed by atoms with Gasteiger partial charge >= 0.3 is 0 Å². The molecular weight excluding hydrogens is 583 g/mol. The number of halogens is 1. The van der Waals surface area contributed by atoms with Gasteiger partial charge in [-0.3, -0.25) is 0 Å². The maximum Gasteiger partial charge on any atom is 0.0886 e. The summed E-state index contributed by atoms with van der Waals surface area (Å²) in [4.78, 5) is 0. The fourth-order valence-electron chi connectivity index (χ4n) is 6.33. The van der Waals surface area contributed by atoms with Crippen LogP contribution in [0, 0.1) is 13.8 Å². The lowest BCUT2D eigenvalue weighted by molar-refractivity contribution is -0.872. The number of hydrogen-bond donors (Lipinski definition) is 3. The van der Waals surface area contributed by atoms with Crippen molar-refractivity contribution in [2.75, 3.05) is 34.2 Å². The standard InChI is InChI=1S/C18H30NO.C15H23NO.HI/c1-15-8-10-16(11-9-15)17(14-19(2,3)4)18(20)12-6-5-7-13-18;1-12-5-7-13(8-6-12)14(11-16)15(17)9-3-2-4-10-15;/h8-11,17,20H,5-7,12-14H2,1-4H3;5-8,14,17H,2-4,9-11,16H2,1H3;1H/q+1;;/i2D3;;. The van der Waals surface area contributed by atoms with Crippen LogP contribution in [-0.4, -0.2) is 60.1 Å². The molecule has 38 heavy (non-hydrogen) atoms. The number of rotatable bonds is 7. The quantitative estimate of drug-likeness (QED) is 0.230. The van der Waals surface area contributed by atoms with Gasteiger partial charge in [0.2, 0.25) is 0 Å². The highest BCUT2D eigenvalue weighted by Crippen LogP contribution is 2.41. The summed E-state index contributed by atoms with van der Waals surface area (Å²) in [6, 6.07) is 16.6. The van der Waals surface area contributed by atoms with Crippen molar-refractivity contribution in [2.45, 2.75) is 101 Å². The van der Waals surface area contributed by atoms with Gasteiger partial charge in [-0.2, -0.15) is 0 Å². The average Bonchev–Trinajstić information content (AvgIpc) is 2.90. The molecule has 2 aromatic carbocycles. The van der Waals surface area contributed by atoms with Crippen molar-refractivity contribution in [1.29, 1.82) is 0 Å². The fourth-order valence-corrected chi connectivity index (χ4v) is 6.33. The number of hydrogen-bond acceptors (Lipinski definition) is 3. The highest BCUT2D eigenvalue weighted by Gasteiger charge is 2.41. The SMILES string of the molecule is Cc1ccc(C(CN)C2(O)CCCCC2)cc1.I.[2H]C([2H])([2H])[N+](C)(C)CC(c1ccc(C)cc1)C1(O)CCCCC1. The zero-order valence-corrected chi connectivity index (χ0v) is 26.4. The summed E-state index contributed by atoms with van der Waals surface area (Å²) in [6.45, 7) is 2.97. The Hall–Kier alpha value is -0.990. The number of aliphatic hydroxyl groups is 2. The zero-order valence-electron chi connectivity index (χ0n) is 27.1. The number of nitrogens with zero attached hydrogens (tertiary/aromatic N) is 1. The Morgan fingerprint density at radius 3 is 1.47 bits per heavy atom. The van der Waals surface area contributed by atoms with Crippen molar-refractivity contribution in [3.63, 3.8) is 0 Å². The van der Waals surface area contributed by atoms with Crippen LogP contribution in [0.15, 0.2) is 48.5 Å². The number of nitrogens with two attached hydrogens (primary N) is 1. The second-order valence-corrected chi connectivity index (χ2v) is 12.4. The van der Waals surface area contributed by atoms with Crippen LogP contribution in [0.3, 0.4) is 0 Å². The topological polar surface area (TPSA) is 66.5 Å². The first-order valence-electron chi connectivity index (χ1n) is 15.8. The molecule has 5 heteroatoms. The van der Waals surface area contributed by atoms with E-state index in [-0.39, 0.29) is 40.3 Å². The van der Waals surface area contributed by atoms with Crippen molar-refractivity contribution in [1.82, 2.24) is 0 Å². The van der Waals surface area contributed by atoms with Gasteiger partial charge in [-0.15, -0.1) is 24.0 Å². The van der Waals surface area contributed by atoms with Crippen molar-refractivity contribution >= 4 is 24.0 Å². The van der Waals surface area contributed by atoms with E-state index < -0.39 is 18.2 Å². The van der Waals surface area contributed by atoms with E-state index in [9.17, 15) is 10.2 Å². The van der Waals surface area contributed by atoms with Crippen LogP contribution in [0.4, 0.5) is 0 Å². The molecule has 2 saturated carbocycles. The minimum absolute atomic E-state index is 0. The number of likely N-dealkylation sites (N-methyl/N-ethyl adjacent to an activating group) is 1. The summed E-state index contributed by atoms with van der Waals surface area (Å²) < 4.78 is 23.4. The zero-order chi connectivity index (χ0) is 29.6. The lowest BCUT2D eigenvalue weighted by Gasteiger charge is -2.42. The highest BCUT2D eigenvalue weighted by molar-refractivity contribution is 14.0. The summed E-state index contributed by atoms with van der Waals surface area (Å²) in [5.74, 6) is -0.0674. The van der Waals surface area contributed by atoms with Gasteiger partial charge in [-0.1, -0.05) is 98.2 Å². The van der Waals surface area contributed by atoms with Crippen LogP contribution < -0.4 is 5.73 Å². The minimum Gasteiger partial charge on any atom is -0.389 e. The van der Waals surface area contributed by atoms with E-state index in [1.807, 2.05) is 31.2 Å². The molecule has 4 nitrogen and oxygen atoms in total. The molecule has 0 heterocycles. The normalized spacial score (nSPS) is 21.8. The van der Waals surface area contributed by atoms with Crippen LogP contribution >= 0.6 is 24.0 Å². The third-order valence-electron chi connectivity index (χ3n) is 8.57. The molecule has 0 bridgehead atoms. The molecular formula is C33H54IN2O2+. The Labute approximate surface area is 253 Å². The van der Waals surface area contributed by atoms with Gasteiger partial charge in [0.25, 0.3) is 0 Å². The van der Waals surface area contributed by atoms with Crippen molar-refractivity contribution in [2.24, 2.45) is 5.73 Å². The molecule has 0 amide bonds. The van der Waals surface area contributed by atoms with Crippen LogP contribution in [0.5, 0.6) is 0 Å². The summed E-state index contributed by atoms with van der Waals surface area (Å²) in [6.07, 6.45) is 9.97. The molecule has 4 N–H and O–H groups in total. The number of quaternary nitrogens is 1. The Kier molecular flexibility index (Phi) is 11.0. The molecule has 2 aliphatic rings. The summed E-state index contributed by atoms with van der Waals surface area (Å²) in [5.41, 5.74) is 9.18. The molecule has 2 unspecified atom stereocenters. The van der Waals surface area contributed by atoms with Gasteiger partial charge < -0.3 is 20.4 Å². The van der Waals surface area contributed by atoms with E-state index in [1.54, 1.807) is 14.1 Å². The first-order chi connectivity index (χ1) is 18.7. The summed E-state index contributed by atoms with van der Waals surface area (Å²) in [5, 5.41) is 22.1. The van der Waals surface area contributed by atoms with E-state index in [1.165, 1.54) is 23.1 Å². The number of aryl methyl sites for hydroxylation is 2. The van der Waals surface area contributed by atoms with E-state index in [0.29, 0.717) is 13.1 Å². The maximum atomic E-state index is 11.3. The average molecular weight is 641 g/mol.